The van der Waals surface area contributed by atoms with Crippen LogP contribution in [0.1, 0.15) is 42.5 Å². The smallest absolute Gasteiger partial charge is 0.227 e. The second-order valence-corrected chi connectivity index (χ2v) is 8.58. The van der Waals surface area contributed by atoms with Crippen LogP contribution in [0.5, 0.6) is 0 Å². The van der Waals surface area contributed by atoms with Crippen molar-refractivity contribution in [3.63, 3.8) is 0 Å². The molecule has 6 heteroatoms. The van der Waals surface area contributed by atoms with Crippen LogP contribution in [-0.4, -0.2) is 17.4 Å². The predicted molar refractivity (Wildman–Crippen MR) is 113 cm³/mol. The number of carbonyl (C=O) groups excluding carboxylic acids is 2. The quantitative estimate of drug-likeness (QED) is 0.428. The molecular formula is C21H21Cl2NO2S. The summed E-state index contributed by atoms with van der Waals surface area (Å²) in [7, 11) is 0. The van der Waals surface area contributed by atoms with Gasteiger partial charge in [0.1, 0.15) is 0 Å². The second-order valence-electron chi connectivity index (χ2n) is 6.69. The second kappa shape index (κ2) is 9.63. The number of amides is 1. The minimum Gasteiger partial charge on any atom is -0.326 e. The lowest BCUT2D eigenvalue weighted by molar-refractivity contribution is -0.120. The first-order chi connectivity index (χ1) is 13.0. The highest BCUT2D eigenvalue weighted by atomic mass is 35.5. The van der Waals surface area contributed by atoms with Gasteiger partial charge in [0.05, 0.1) is 10.8 Å². The number of hydrogen-bond acceptors (Lipinski definition) is 3. The molecule has 0 aliphatic heterocycles. The Morgan fingerprint density at radius 2 is 1.81 bits per heavy atom. The van der Waals surface area contributed by atoms with Crippen molar-refractivity contribution in [3.8, 4) is 0 Å². The van der Waals surface area contributed by atoms with Crippen molar-refractivity contribution in [3.05, 3.63) is 58.1 Å². The number of nitrogens with one attached hydrogen (secondary N) is 1. The van der Waals surface area contributed by atoms with E-state index in [1.54, 1.807) is 18.2 Å². The van der Waals surface area contributed by atoms with Crippen molar-refractivity contribution in [1.82, 2.24) is 0 Å². The molecule has 3 nitrogen and oxygen atoms in total. The van der Waals surface area contributed by atoms with E-state index >= 15 is 0 Å². The average molecular weight is 422 g/mol. The maximum absolute atomic E-state index is 12.4. The van der Waals surface area contributed by atoms with Crippen LogP contribution in [0.4, 0.5) is 5.69 Å². The van der Waals surface area contributed by atoms with Crippen LogP contribution in [0, 0.1) is 5.92 Å². The number of hydrogen-bond donors (Lipinski definition) is 1. The summed E-state index contributed by atoms with van der Waals surface area (Å²) in [4.78, 5) is 25.7. The van der Waals surface area contributed by atoms with Crippen molar-refractivity contribution in [2.75, 3.05) is 11.1 Å². The Hall–Kier alpha value is -1.49. The molecule has 0 atom stereocenters. The molecule has 0 heterocycles. The van der Waals surface area contributed by atoms with Crippen LogP contribution in [0.15, 0.2) is 47.4 Å². The van der Waals surface area contributed by atoms with Gasteiger partial charge in [-0.15, -0.1) is 11.8 Å². The molecule has 1 amide bonds. The number of benzene rings is 2. The molecule has 142 valence electrons. The summed E-state index contributed by atoms with van der Waals surface area (Å²) >= 11 is 13.4. The van der Waals surface area contributed by atoms with Crippen LogP contribution in [0.25, 0.3) is 0 Å². The molecule has 2 aromatic carbocycles. The molecule has 1 fully saturated rings. The summed E-state index contributed by atoms with van der Waals surface area (Å²) in [6, 6.07) is 12.5. The first-order valence-electron chi connectivity index (χ1n) is 9.05. The number of halogens is 2. The zero-order chi connectivity index (χ0) is 19.2. The van der Waals surface area contributed by atoms with Crippen molar-refractivity contribution in [1.29, 1.82) is 0 Å². The lowest BCUT2D eigenvalue weighted by atomic mass is 9.88. The summed E-state index contributed by atoms with van der Waals surface area (Å²) in [6.07, 6.45) is 5.42. The topological polar surface area (TPSA) is 46.2 Å². The first-order valence-corrected chi connectivity index (χ1v) is 10.8. The lowest BCUT2D eigenvalue weighted by Gasteiger charge is -2.20. The summed E-state index contributed by atoms with van der Waals surface area (Å²) < 4.78 is 0. The predicted octanol–water partition coefficient (Wildman–Crippen LogP) is 6.49. The van der Waals surface area contributed by atoms with Gasteiger partial charge in [-0.1, -0.05) is 48.5 Å². The minimum atomic E-state index is -0.0571. The van der Waals surface area contributed by atoms with Gasteiger partial charge < -0.3 is 5.32 Å². The highest BCUT2D eigenvalue weighted by molar-refractivity contribution is 8.00. The molecule has 3 rings (SSSR count). The largest absolute Gasteiger partial charge is 0.326 e. The summed E-state index contributed by atoms with van der Waals surface area (Å²) in [6.45, 7) is 0. The maximum atomic E-state index is 12.4. The Bertz CT molecular complexity index is 835. The third kappa shape index (κ3) is 5.74. The monoisotopic (exact) mass is 421 g/mol. The van der Waals surface area contributed by atoms with Gasteiger partial charge in [0.2, 0.25) is 5.91 Å². The fourth-order valence-corrected chi connectivity index (χ4v) is 4.57. The molecule has 1 N–H and O–H groups in total. The van der Waals surface area contributed by atoms with Crippen LogP contribution < -0.4 is 5.32 Å². The van der Waals surface area contributed by atoms with Gasteiger partial charge in [0.15, 0.2) is 5.78 Å². The summed E-state index contributed by atoms with van der Waals surface area (Å²) in [5.41, 5.74) is 1.24. The van der Waals surface area contributed by atoms with E-state index in [2.05, 4.69) is 5.32 Å². The Morgan fingerprint density at radius 1 is 1.04 bits per heavy atom. The van der Waals surface area contributed by atoms with Crippen molar-refractivity contribution < 1.29 is 9.59 Å². The lowest BCUT2D eigenvalue weighted by Crippen LogP contribution is -2.24. The van der Waals surface area contributed by atoms with Gasteiger partial charge in [-0.3, -0.25) is 9.59 Å². The SMILES string of the molecule is O=C(CSc1cccc(NC(=O)C2CCCCC2)c1)c1ccc(Cl)cc1Cl. The average Bonchev–Trinajstić information content (AvgIpc) is 2.67. The molecule has 2 aromatic rings. The van der Waals surface area contributed by atoms with Crippen LogP contribution in [0.3, 0.4) is 0 Å². The Kier molecular flexibility index (Phi) is 7.22. The Balaban J connectivity index is 1.58. The molecule has 0 saturated heterocycles. The van der Waals surface area contributed by atoms with Gasteiger partial charge in [0.25, 0.3) is 0 Å². The number of Topliss-reactive ketones (excluding diaryl/α,β-unsaturated/α-hetero) is 1. The zero-order valence-electron chi connectivity index (χ0n) is 14.8. The highest BCUT2D eigenvalue weighted by Crippen LogP contribution is 2.28. The van der Waals surface area contributed by atoms with Gasteiger partial charge in [-0.05, 0) is 49.2 Å². The van der Waals surface area contributed by atoms with Crippen molar-refractivity contribution in [2.24, 2.45) is 5.92 Å². The minimum absolute atomic E-state index is 0.0571. The highest BCUT2D eigenvalue weighted by Gasteiger charge is 2.21. The number of thioether (sulfide) groups is 1. The molecule has 0 unspecified atom stereocenters. The van der Waals surface area contributed by atoms with Crippen molar-refractivity contribution >= 4 is 52.3 Å². The molecule has 27 heavy (non-hydrogen) atoms. The van der Waals surface area contributed by atoms with Crippen LogP contribution >= 0.6 is 35.0 Å². The normalized spacial score (nSPS) is 14.7. The molecule has 0 radical (unpaired) electrons. The molecule has 0 bridgehead atoms. The van der Waals surface area contributed by atoms with E-state index in [1.165, 1.54) is 18.2 Å². The van der Waals surface area contributed by atoms with Gasteiger partial charge >= 0.3 is 0 Å². The zero-order valence-corrected chi connectivity index (χ0v) is 17.2. The van der Waals surface area contributed by atoms with Gasteiger partial charge in [-0.25, -0.2) is 0 Å². The molecule has 1 aliphatic carbocycles. The molecular weight excluding hydrogens is 401 g/mol. The molecule has 0 aromatic heterocycles. The number of anilines is 1. The van der Waals surface area contributed by atoms with E-state index in [-0.39, 0.29) is 23.4 Å². The Labute approximate surface area is 173 Å². The fraction of sp³-hybridized carbons (Fsp3) is 0.333. The molecule has 1 aliphatic rings. The summed E-state index contributed by atoms with van der Waals surface area (Å²) in [5.74, 6) is 0.421. The van der Waals surface area contributed by atoms with E-state index in [9.17, 15) is 9.59 Å². The third-order valence-corrected chi connectivity index (χ3v) is 6.22. The van der Waals surface area contributed by atoms with Crippen molar-refractivity contribution in [2.45, 2.75) is 37.0 Å². The van der Waals surface area contributed by atoms with Gasteiger partial charge in [-0.2, -0.15) is 0 Å². The fourth-order valence-electron chi connectivity index (χ4n) is 3.21. The van der Waals surface area contributed by atoms with Crippen LogP contribution in [-0.2, 0) is 4.79 Å². The third-order valence-electron chi connectivity index (χ3n) is 4.68. The number of carbonyl (C=O) groups is 2. The van der Waals surface area contributed by atoms with E-state index in [4.69, 9.17) is 23.2 Å². The van der Waals surface area contributed by atoms with Crippen LogP contribution in [0.2, 0.25) is 10.0 Å². The maximum Gasteiger partial charge on any atom is 0.227 e. The van der Waals surface area contributed by atoms with E-state index in [0.717, 1.165) is 36.3 Å². The first kappa shape index (κ1) is 20.2. The molecule has 1 saturated carbocycles. The Morgan fingerprint density at radius 3 is 2.56 bits per heavy atom. The van der Waals surface area contributed by atoms with Gasteiger partial charge in [0, 0.05) is 27.1 Å². The number of rotatable bonds is 6. The number of ketones is 1. The summed E-state index contributed by atoms with van der Waals surface area (Å²) in [5, 5.41) is 3.88. The van der Waals surface area contributed by atoms with E-state index in [1.807, 2.05) is 24.3 Å². The van der Waals surface area contributed by atoms with E-state index in [0.29, 0.717) is 15.6 Å². The molecule has 0 spiro atoms. The standard InChI is InChI=1S/C21H21Cl2NO2S/c22-15-9-10-18(19(23)11-15)20(25)13-27-17-8-4-7-16(12-17)24-21(26)14-5-2-1-3-6-14/h4,7-12,14H,1-3,5-6,13H2,(H,24,26). The van der Waals surface area contributed by atoms with E-state index < -0.39 is 0 Å².